The Hall–Kier alpha value is -2.08. The van der Waals surface area contributed by atoms with Crippen LogP contribution in [-0.2, 0) is 11.2 Å². The molecular formula is C15H20N2O4. The van der Waals surface area contributed by atoms with Gasteiger partial charge in [-0.2, -0.15) is 0 Å². The van der Waals surface area contributed by atoms with Crippen molar-refractivity contribution in [3.63, 3.8) is 0 Å². The predicted molar refractivity (Wildman–Crippen MR) is 78.2 cm³/mol. The molecule has 1 aliphatic heterocycles. The summed E-state index contributed by atoms with van der Waals surface area (Å²) in [6.07, 6.45) is 1.33. The number of nitrogens with zero attached hydrogens (tertiary/aromatic N) is 1. The lowest BCUT2D eigenvalue weighted by molar-refractivity contribution is -0.136. The van der Waals surface area contributed by atoms with E-state index in [1.165, 1.54) is 0 Å². The van der Waals surface area contributed by atoms with Gasteiger partial charge in [0.05, 0.1) is 0 Å². The number of nitrogens with one attached hydrogen (secondary N) is 1. The minimum atomic E-state index is -0.837. The quantitative estimate of drug-likeness (QED) is 0.768. The molecule has 114 valence electrons. The van der Waals surface area contributed by atoms with E-state index in [1.54, 1.807) is 23.1 Å². The van der Waals surface area contributed by atoms with Crippen LogP contribution < -0.4 is 5.32 Å². The standard InChI is InChI=1S/C15H20N2O4/c18-10-12-6-7-17(9-12)15(21)16-13-3-1-2-11(8-13)4-5-14(19)20/h1-3,8,12,18H,4-7,9-10H2,(H,16,21)(H,19,20). The molecular weight excluding hydrogens is 272 g/mol. The van der Waals surface area contributed by atoms with Crippen molar-refractivity contribution in [3.05, 3.63) is 29.8 Å². The van der Waals surface area contributed by atoms with Gasteiger partial charge in [0, 0.05) is 37.7 Å². The van der Waals surface area contributed by atoms with Crippen molar-refractivity contribution in [2.75, 3.05) is 25.0 Å². The fraction of sp³-hybridized carbons (Fsp3) is 0.467. The first-order chi connectivity index (χ1) is 10.1. The lowest BCUT2D eigenvalue weighted by Gasteiger charge is -2.17. The Morgan fingerprint density at radius 2 is 2.19 bits per heavy atom. The van der Waals surface area contributed by atoms with Gasteiger partial charge in [0.25, 0.3) is 0 Å². The number of rotatable bonds is 5. The molecule has 1 atom stereocenters. The summed E-state index contributed by atoms with van der Waals surface area (Å²) in [5, 5.41) is 20.6. The van der Waals surface area contributed by atoms with Gasteiger partial charge in [-0.15, -0.1) is 0 Å². The number of aliphatic hydroxyl groups is 1. The summed E-state index contributed by atoms with van der Waals surface area (Å²) in [7, 11) is 0. The number of aliphatic carboxylic acids is 1. The van der Waals surface area contributed by atoms with Crippen molar-refractivity contribution in [1.82, 2.24) is 4.90 Å². The van der Waals surface area contributed by atoms with Crippen LogP contribution in [0.2, 0.25) is 0 Å². The van der Waals surface area contributed by atoms with Gasteiger partial charge in [0.1, 0.15) is 0 Å². The third-order valence-electron chi connectivity index (χ3n) is 3.64. The van der Waals surface area contributed by atoms with E-state index in [0.29, 0.717) is 25.2 Å². The SMILES string of the molecule is O=C(O)CCc1cccc(NC(=O)N2CCC(CO)C2)c1. The number of hydrogen-bond acceptors (Lipinski definition) is 3. The van der Waals surface area contributed by atoms with Crippen LogP contribution >= 0.6 is 0 Å². The highest BCUT2D eigenvalue weighted by molar-refractivity contribution is 5.89. The first-order valence-corrected chi connectivity index (χ1v) is 7.06. The number of anilines is 1. The molecule has 0 aliphatic carbocycles. The number of carbonyl (C=O) groups excluding carboxylic acids is 1. The first kappa shape index (κ1) is 15.3. The summed E-state index contributed by atoms with van der Waals surface area (Å²) >= 11 is 0. The largest absolute Gasteiger partial charge is 0.481 e. The number of likely N-dealkylation sites (tertiary alicyclic amines) is 1. The van der Waals surface area contributed by atoms with Crippen molar-refractivity contribution in [3.8, 4) is 0 Å². The van der Waals surface area contributed by atoms with E-state index in [9.17, 15) is 9.59 Å². The third kappa shape index (κ3) is 4.46. The lowest BCUT2D eigenvalue weighted by Crippen LogP contribution is -2.33. The average molecular weight is 292 g/mol. The molecule has 0 bridgehead atoms. The topological polar surface area (TPSA) is 89.9 Å². The molecule has 6 heteroatoms. The number of hydrogen-bond donors (Lipinski definition) is 3. The molecule has 1 aromatic carbocycles. The number of aryl methyl sites for hydroxylation is 1. The molecule has 0 spiro atoms. The molecule has 1 unspecified atom stereocenters. The van der Waals surface area contributed by atoms with E-state index in [-0.39, 0.29) is 25.0 Å². The summed E-state index contributed by atoms with van der Waals surface area (Å²) in [6.45, 7) is 1.32. The summed E-state index contributed by atoms with van der Waals surface area (Å²) in [5.74, 6) is -0.672. The van der Waals surface area contributed by atoms with Crippen LogP contribution in [0.4, 0.5) is 10.5 Å². The number of carbonyl (C=O) groups is 2. The van der Waals surface area contributed by atoms with E-state index in [2.05, 4.69) is 5.32 Å². The van der Waals surface area contributed by atoms with Crippen molar-refractivity contribution in [2.45, 2.75) is 19.3 Å². The zero-order valence-electron chi connectivity index (χ0n) is 11.8. The summed E-state index contributed by atoms with van der Waals surface area (Å²) in [6, 6.07) is 7.03. The Morgan fingerprint density at radius 1 is 1.38 bits per heavy atom. The monoisotopic (exact) mass is 292 g/mol. The Labute approximate surface area is 123 Å². The Bertz CT molecular complexity index is 518. The Balaban J connectivity index is 1.91. The van der Waals surface area contributed by atoms with Crippen LogP contribution in [-0.4, -0.2) is 46.8 Å². The van der Waals surface area contributed by atoms with Gasteiger partial charge in [-0.1, -0.05) is 12.1 Å². The van der Waals surface area contributed by atoms with E-state index >= 15 is 0 Å². The molecule has 1 aromatic rings. The van der Waals surface area contributed by atoms with Crippen LogP contribution in [0.1, 0.15) is 18.4 Å². The average Bonchev–Trinajstić information content (AvgIpc) is 2.94. The maximum Gasteiger partial charge on any atom is 0.321 e. The molecule has 6 nitrogen and oxygen atoms in total. The number of carboxylic acid groups (broad SMARTS) is 1. The predicted octanol–water partition coefficient (Wildman–Crippen LogP) is 1.55. The lowest BCUT2D eigenvalue weighted by atomic mass is 10.1. The summed E-state index contributed by atoms with van der Waals surface area (Å²) in [5.41, 5.74) is 1.54. The molecule has 0 aromatic heterocycles. The van der Waals surface area contributed by atoms with Crippen LogP contribution in [0.15, 0.2) is 24.3 Å². The number of aliphatic hydroxyl groups excluding tert-OH is 1. The van der Waals surface area contributed by atoms with E-state index < -0.39 is 5.97 Å². The Kier molecular flexibility index (Phi) is 5.16. The molecule has 1 heterocycles. The van der Waals surface area contributed by atoms with E-state index in [0.717, 1.165) is 12.0 Å². The molecule has 2 rings (SSSR count). The number of urea groups is 1. The molecule has 3 N–H and O–H groups in total. The normalized spacial score (nSPS) is 17.8. The summed E-state index contributed by atoms with van der Waals surface area (Å²) in [4.78, 5) is 24.3. The second-order valence-corrected chi connectivity index (χ2v) is 5.31. The molecule has 1 aliphatic rings. The van der Waals surface area contributed by atoms with Gasteiger partial charge in [-0.3, -0.25) is 4.79 Å². The molecule has 1 saturated heterocycles. The van der Waals surface area contributed by atoms with Crippen molar-refractivity contribution >= 4 is 17.7 Å². The second kappa shape index (κ2) is 7.08. The van der Waals surface area contributed by atoms with Gasteiger partial charge in [0.2, 0.25) is 0 Å². The smallest absolute Gasteiger partial charge is 0.321 e. The van der Waals surface area contributed by atoms with Gasteiger partial charge in [0.15, 0.2) is 0 Å². The molecule has 2 amide bonds. The van der Waals surface area contributed by atoms with Gasteiger partial charge < -0.3 is 20.4 Å². The van der Waals surface area contributed by atoms with Crippen LogP contribution in [0.5, 0.6) is 0 Å². The Morgan fingerprint density at radius 3 is 2.86 bits per heavy atom. The number of benzene rings is 1. The second-order valence-electron chi connectivity index (χ2n) is 5.31. The fourth-order valence-electron chi connectivity index (χ4n) is 2.42. The van der Waals surface area contributed by atoms with Crippen LogP contribution in [0, 0.1) is 5.92 Å². The number of carboxylic acids is 1. The maximum absolute atomic E-state index is 12.1. The third-order valence-corrected chi connectivity index (χ3v) is 3.64. The molecule has 1 fully saturated rings. The van der Waals surface area contributed by atoms with E-state index in [4.69, 9.17) is 10.2 Å². The number of amides is 2. The first-order valence-electron chi connectivity index (χ1n) is 7.06. The molecule has 21 heavy (non-hydrogen) atoms. The highest BCUT2D eigenvalue weighted by Crippen LogP contribution is 2.18. The van der Waals surface area contributed by atoms with Gasteiger partial charge in [-0.05, 0) is 30.5 Å². The van der Waals surface area contributed by atoms with Crippen LogP contribution in [0.25, 0.3) is 0 Å². The summed E-state index contributed by atoms with van der Waals surface area (Å²) < 4.78 is 0. The molecule has 0 saturated carbocycles. The fourth-order valence-corrected chi connectivity index (χ4v) is 2.42. The van der Waals surface area contributed by atoms with Crippen molar-refractivity contribution in [2.24, 2.45) is 5.92 Å². The van der Waals surface area contributed by atoms with Gasteiger partial charge >= 0.3 is 12.0 Å². The van der Waals surface area contributed by atoms with E-state index in [1.807, 2.05) is 6.07 Å². The highest BCUT2D eigenvalue weighted by Gasteiger charge is 2.25. The van der Waals surface area contributed by atoms with Crippen molar-refractivity contribution in [1.29, 1.82) is 0 Å². The zero-order valence-corrected chi connectivity index (χ0v) is 11.8. The zero-order chi connectivity index (χ0) is 15.2. The van der Waals surface area contributed by atoms with Crippen LogP contribution in [0.3, 0.4) is 0 Å². The highest BCUT2D eigenvalue weighted by atomic mass is 16.4. The minimum Gasteiger partial charge on any atom is -0.481 e. The van der Waals surface area contributed by atoms with Gasteiger partial charge in [-0.25, -0.2) is 4.79 Å². The minimum absolute atomic E-state index is 0.0711. The van der Waals surface area contributed by atoms with Crippen molar-refractivity contribution < 1.29 is 19.8 Å². The molecule has 0 radical (unpaired) electrons. The maximum atomic E-state index is 12.1.